The average molecular weight is 476 g/mol. The highest BCUT2D eigenvalue weighted by Crippen LogP contribution is 2.23. The first kappa shape index (κ1) is 24.4. The number of rotatable bonds is 9. The molecule has 8 nitrogen and oxygen atoms in total. The highest BCUT2D eigenvalue weighted by molar-refractivity contribution is 5.97. The van der Waals surface area contributed by atoms with E-state index in [0.29, 0.717) is 17.3 Å². The van der Waals surface area contributed by atoms with Crippen LogP contribution in [-0.4, -0.2) is 40.5 Å². The summed E-state index contributed by atoms with van der Waals surface area (Å²) in [4.78, 5) is 45.1. The number of carbonyl (C=O) groups excluding carboxylic acids is 2. The molecule has 0 bridgehead atoms. The maximum absolute atomic E-state index is 13.0. The van der Waals surface area contributed by atoms with Crippen molar-refractivity contribution in [3.05, 3.63) is 64.7 Å². The van der Waals surface area contributed by atoms with E-state index >= 15 is 0 Å². The standard InChI is InChI=1S/C27H33N5O3/c1-3-8-23(26(34)29-20-10-7-11-21(17-20)31-14-4-5-15-31)30-24(33)13-16-32-18-28-25-19(2)9-6-12-22(25)27(32)35/h6-7,9-12,17-18,23H,3-5,8,13-16H2,1-2H3,(H,29,34)(H,30,33). The van der Waals surface area contributed by atoms with Gasteiger partial charge in [0.25, 0.3) is 5.56 Å². The molecule has 4 rings (SSSR count). The van der Waals surface area contributed by atoms with E-state index in [1.807, 2.05) is 44.2 Å². The van der Waals surface area contributed by atoms with E-state index in [0.717, 1.165) is 36.4 Å². The summed E-state index contributed by atoms with van der Waals surface area (Å²) >= 11 is 0. The van der Waals surface area contributed by atoms with Crippen molar-refractivity contribution in [1.82, 2.24) is 14.9 Å². The Hall–Kier alpha value is -3.68. The van der Waals surface area contributed by atoms with Crippen LogP contribution >= 0.6 is 0 Å². The number of fused-ring (bicyclic) bond motifs is 1. The molecule has 1 atom stereocenters. The van der Waals surface area contributed by atoms with E-state index in [1.165, 1.54) is 23.7 Å². The normalized spacial score (nSPS) is 14.2. The van der Waals surface area contributed by atoms with E-state index in [-0.39, 0.29) is 30.3 Å². The van der Waals surface area contributed by atoms with E-state index in [1.54, 1.807) is 6.07 Å². The van der Waals surface area contributed by atoms with Crippen LogP contribution in [0.15, 0.2) is 53.6 Å². The van der Waals surface area contributed by atoms with Crippen molar-refractivity contribution in [2.24, 2.45) is 0 Å². The summed E-state index contributed by atoms with van der Waals surface area (Å²) in [6, 6.07) is 12.7. The maximum atomic E-state index is 13.0. The van der Waals surface area contributed by atoms with E-state index in [9.17, 15) is 14.4 Å². The van der Waals surface area contributed by atoms with Gasteiger partial charge in [-0.2, -0.15) is 0 Å². The summed E-state index contributed by atoms with van der Waals surface area (Å²) in [6.07, 6.45) is 5.20. The molecule has 1 aliphatic rings. The van der Waals surface area contributed by atoms with Gasteiger partial charge >= 0.3 is 0 Å². The minimum Gasteiger partial charge on any atom is -0.371 e. The Labute approximate surface area is 205 Å². The number of nitrogens with zero attached hydrogens (tertiary/aromatic N) is 3. The van der Waals surface area contributed by atoms with Crippen molar-refractivity contribution in [3.8, 4) is 0 Å². The molecule has 3 aromatic rings. The summed E-state index contributed by atoms with van der Waals surface area (Å²) < 4.78 is 1.44. The lowest BCUT2D eigenvalue weighted by molar-refractivity contribution is -0.126. The van der Waals surface area contributed by atoms with Gasteiger partial charge in [-0.25, -0.2) is 4.98 Å². The molecule has 0 saturated carbocycles. The minimum atomic E-state index is -0.642. The molecule has 0 spiro atoms. The minimum absolute atomic E-state index is 0.0802. The number of benzene rings is 2. The predicted octanol–water partition coefficient (Wildman–Crippen LogP) is 3.62. The van der Waals surface area contributed by atoms with Gasteiger partial charge in [0.05, 0.1) is 17.2 Å². The van der Waals surface area contributed by atoms with Crippen LogP contribution in [0.2, 0.25) is 0 Å². The second-order valence-electron chi connectivity index (χ2n) is 9.11. The Bertz CT molecular complexity index is 1260. The third-order valence-electron chi connectivity index (χ3n) is 6.45. The molecule has 8 heteroatoms. The third kappa shape index (κ3) is 5.88. The summed E-state index contributed by atoms with van der Waals surface area (Å²) in [5, 5.41) is 6.34. The zero-order valence-corrected chi connectivity index (χ0v) is 20.4. The topological polar surface area (TPSA) is 96.3 Å². The SMILES string of the molecule is CCCC(NC(=O)CCn1cnc2c(C)cccc2c1=O)C(=O)Nc1cccc(N2CCCC2)c1. The quantitative estimate of drug-likeness (QED) is 0.493. The first-order chi connectivity index (χ1) is 17.0. The molecule has 35 heavy (non-hydrogen) atoms. The van der Waals surface area contributed by atoms with Crippen molar-refractivity contribution < 1.29 is 9.59 Å². The average Bonchev–Trinajstić information content (AvgIpc) is 3.39. The lowest BCUT2D eigenvalue weighted by Crippen LogP contribution is -2.44. The zero-order valence-electron chi connectivity index (χ0n) is 20.4. The summed E-state index contributed by atoms with van der Waals surface area (Å²) in [5.41, 5.74) is 3.25. The molecule has 0 aliphatic carbocycles. The van der Waals surface area contributed by atoms with E-state index in [2.05, 4.69) is 26.6 Å². The highest BCUT2D eigenvalue weighted by atomic mass is 16.2. The van der Waals surface area contributed by atoms with E-state index < -0.39 is 6.04 Å². The number of carbonyl (C=O) groups is 2. The van der Waals surface area contributed by atoms with Gasteiger partial charge in [-0.1, -0.05) is 31.5 Å². The Balaban J connectivity index is 1.37. The molecule has 1 unspecified atom stereocenters. The Kier molecular flexibility index (Phi) is 7.80. The summed E-state index contributed by atoms with van der Waals surface area (Å²) in [6.45, 7) is 6.14. The lowest BCUT2D eigenvalue weighted by Gasteiger charge is -2.20. The summed E-state index contributed by atoms with van der Waals surface area (Å²) in [5.74, 6) is -0.514. The number of hydrogen-bond acceptors (Lipinski definition) is 5. The van der Waals surface area contributed by atoms with Crippen LogP contribution in [0.1, 0.15) is 44.6 Å². The number of para-hydroxylation sites is 1. The van der Waals surface area contributed by atoms with Crippen LogP contribution in [-0.2, 0) is 16.1 Å². The fourth-order valence-electron chi connectivity index (χ4n) is 4.53. The van der Waals surface area contributed by atoms with Gasteiger partial charge in [0.15, 0.2) is 0 Å². The number of aryl methyl sites for hydroxylation is 2. The van der Waals surface area contributed by atoms with Crippen LogP contribution < -0.4 is 21.1 Å². The van der Waals surface area contributed by atoms with Gasteiger partial charge in [0, 0.05) is 37.4 Å². The molecule has 2 heterocycles. The van der Waals surface area contributed by atoms with Crippen LogP contribution in [0.25, 0.3) is 10.9 Å². The molecule has 1 aliphatic heterocycles. The first-order valence-corrected chi connectivity index (χ1v) is 12.4. The lowest BCUT2D eigenvalue weighted by atomic mass is 10.1. The maximum Gasteiger partial charge on any atom is 0.261 e. The van der Waals surface area contributed by atoms with Gasteiger partial charge < -0.3 is 15.5 Å². The Morgan fingerprint density at radius 3 is 2.66 bits per heavy atom. The van der Waals surface area contributed by atoms with E-state index in [4.69, 9.17) is 0 Å². The fraction of sp³-hybridized carbons (Fsp3) is 0.407. The number of hydrogen-bond donors (Lipinski definition) is 2. The molecule has 1 fully saturated rings. The number of amides is 2. The molecule has 1 aromatic heterocycles. The van der Waals surface area contributed by atoms with Crippen molar-refractivity contribution in [3.63, 3.8) is 0 Å². The second kappa shape index (κ2) is 11.2. The van der Waals surface area contributed by atoms with Crippen molar-refractivity contribution in [2.75, 3.05) is 23.3 Å². The van der Waals surface area contributed by atoms with Crippen LogP contribution in [0.4, 0.5) is 11.4 Å². The van der Waals surface area contributed by atoms with Gasteiger partial charge in [-0.15, -0.1) is 0 Å². The molecule has 2 aromatic carbocycles. The molecular formula is C27H33N5O3. The zero-order chi connectivity index (χ0) is 24.8. The van der Waals surface area contributed by atoms with Crippen molar-refractivity contribution >= 4 is 34.1 Å². The molecule has 2 N–H and O–H groups in total. The largest absolute Gasteiger partial charge is 0.371 e. The number of anilines is 2. The van der Waals surface area contributed by atoms with Gasteiger partial charge in [0.2, 0.25) is 11.8 Å². The van der Waals surface area contributed by atoms with Crippen molar-refractivity contribution in [2.45, 2.75) is 58.5 Å². The summed E-state index contributed by atoms with van der Waals surface area (Å²) in [7, 11) is 0. The Morgan fingerprint density at radius 2 is 1.89 bits per heavy atom. The monoisotopic (exact) mass is 475 g/mol. The van der Waals surface area contributed by atoms with Crippen molar-refractivity contribution in [1.29, 1.82) is 0 Å². The van der Waals surface area contributed by atoms with Crippen LogP contribution in [0, 0.1) is 6.92 Å². The predicted molar refractivity (Wildman–Crippen MR) is 139 cm³/mol. The smallest absolute Gasteiger partial charge is 0.261 e. The third-order valence-corrected chi connectivity index (χ3v) is 6.45. The molecule has 2 amide bonds. The van der Waals surface area contributed by atoms with Crippen LogP contribution in [0.5, 0.6) is 0 Å². The van der Waals surface area contributed by atoms with Gasteiger partial charge in [0.1, 0.15) is 6.04 Å². The number of aromatic nitrogens is 2. The van der Waals surface area contributed by atoms with Gasteiger partial charge in [-0.05, 0) is 56.0 Å². The molecule has 1 saturated heterocycles. The molecular weight excluding hydrogens is 442 g/mol. The van der Waals surface area contributed by atoms with Gasteiger partial charge in [-0.3, -0.25) is 19.0 Å². The number of nitrogens with one attached hydrogen (secondary N) is 2. The fourth-order valence-corrected chi connectivity index (χ4v) is 4.53. The first-order valence-electron chi connectivity index (χ1n) is 12.4. The highest BCUT2D eigenvalue weighted by Gasteiger charge is 2.21. The molecule has 0 radical (unpaired) electrons. The van der Waals surface area contributed by atoms with Crippen LogP contribution in [0.3, 0.4) is 0 Å². The second-order valence-corrected chi connectivity index (χ2v) is 9.11. The molecule has 184 valence electrons. The Morgan fingerprint density at radius 1 is 1.11 bits per heavy atom.